The third-order valence-electron chi connectivity index (χ3n) is 5.63. The highest BCUT2D eigenvalue weighted by Crippen LogP contribution is 2.35. The van der Waals surface area contributed by atoms with Crippen molar-refractivity contribution in [2.45, 2.75) is 64.3 Å². The largest absolute Gasteiger partial charge is 0.378 e. The van der Waals surface area contributed by atoms with E-state index in [1.807, 2.05) is 0 Å². The average molecular weight is 283 g/mol. The average Bonchev–Trinajstić information content (AvgIpc) is 2.44. The van der Waals surface area contributed by atoms with Crippen LogP contribution in [0.5, 0.6) is 0 Å². The molecule has 2 saturated heterocycles. The number of piperazine rings is 1. The van der Waals surface area contributed by atoms with Gasteiger partial charge in [-0.2, -0.15) is 0 Å². The molecule has 4 nitrogen and oxygen atoms in total. The smallest absolute Gasteiger partial charge is 0.0616 e. The summed E-state index contributed by atoms with van der Waals surface area (Å²) in [4.78, 5) is 5.15. The Morgan fingerprint density at radius 1 is 1.25 bits per heavy atom. The Labute approximate surface area is 124 Å². The van der Waals surface area contributed by atoms with Crippen LogP contribution in [0.2, 0.25) is 0 Å². The standard InChI is InChI=1S/C16H33N3O/c1-12(2)15-8-16(11-17,6-7-20-15)19-9-13(3)18(5)14(4)10-19/h12-15H,6-11,17H2,1-5H3. The minimum absolute atomic E-state index is 0.150. The number of likely N-dealkylation sites (N-methyl/N-ethyl adjacent to an activating group) is 1. The Bertz CT molecular complexity index is 311. The SMILES string of the molecule is CC(C)C1CC(CN)(N2CC(C)N(C)C(C)C2)CCO1. The fourth-order valence-electron chi connectivity index (χ4n) is 3.76. The van der Waals surface area contributed by atoms with Crippen molar-refractivity contribution in [3.05, 3.63) is 0 Å². The summed E-state index contributed by atoms with van der Waals surface area (Å²) >= 11 is 0. The van der Waals surface area contributed by atoms with Crippen molar-refractivity contribution in [1.29, 1.82) is 0 Å². The van der Waals surface area contributed by atoms with E-state index in [-0.39, 0.29) is 5.54 Å². The quantitative estimate of drug-likeness (QED) is 0.853. The first-order chi connectivity index (χ1) is 9.39. The minimum atomic E-state index is 0.150. The van der Waals surface area contributed by atoms with Crippen LogP contribution in [0.4, 0.5) is 0 Å². The van der Waals surface area contributed by atoms with Crippen molar-refractivity contribution >= 4 is 0 Å². The number of hydrogen-bond donors (Lipinski definition) is 1. The van der Waals surface area contributed by atoms with Gasteiger partial charge in [0.25, 0.3) is 0 Å². The molecule has 2 fully saturated rings. The molecule has 0 aromatic rings. The third kappa shape index (κ3) is 3.03. The van der Waals surface area contributed by atoms with E-state index in [4.69, 9.17) is 10.5 Å². The molecule has 4 heteroatoms. The summed E-state index contributed by atoms with van der Waals surface area (Å²) in [5.74, 6) is 0.573. The van der Waals surface area contributed by atoms with Gasteiger partial charge in [-0.1, -0.05) is 13.8 Å². The summed E-state index contributed by atoms with van der Waals surface area (Å²) < 4.78 is 5.97. The molecule has 0 spiro atoms. The second-order valence-electron chi connectivity index (χ2n) is 7.30. The van der Waals surface area contributed by atoms with E-state index >= 15 is 0 Å². The van der Waals surface area contributed by atoms with Gasteiger partial charge in [0.2, 0.25) is 0 Å². The van der Waals surface area contributed by atoms with Crippen LogP contribution in [-0.4, -0.2) is 66.8 Å². The summed E-state index contributed by atoms with van der Waals surface area (Å²) in [6.45, 7) is 13.0. The zero-order valence-corrected chi connectivity index (χ0v) is 13.9. The molecule has 0 radical (unpaired) electrons. The summed E-state index contributed by atoms with van der Waals surface area (Å²) in [6.07, 6.45) is 2.53. The molecule has 2 aliphatic heterocycles. The fourth-order valence-corrected chi connectivity index (χ4v) is 3.76. The number of nitrogens with two attached hydrogens (primary N) is 1. The first kappa shape index (κ1) is 16.2. The normalized spacial score (nSPS) is 41.2. The van der Waals surface area contributed by atoms with Gasteiger partial charge in [0.1, 0.15) is 0 Å². The summed E-state index contributed by atoms with van der Waals surface area (Å²) in [5, 5.41) is 0. The lowest BCUT2D eigenvalue weighted by Gasteiger charge is -2.54. The summed E-state index contributed by atoms with van der Waals surface area (Å²) in [6, 6.07) is 1.20. The van der Waals surface area contributed by atoms with Gasteiger partial charge in [-0.3, -0.25) is 9.80 Å². The van der Waals surface area contributed by atoms with E-state index in [0.29, 0.717) is 24.1 Å². The Hall–Kier alpha value is -0.160. The van der Waals surface area contributed by atoms with E-state index in [1.54, 1.807) is 0 Å². The molecule has 2 aliphatic rings. The van der Waals surface area contributed by atoms with Gasteiger partial charge in [-0.15, -0.1) is 0 Å². The van der Waals surface area contributed by atoms with Gasteiger partial charge in [0.15, 0.2) is 0 Å². The molecule has 118 valence electrons. The Morgan fingerprint density at radius 3 is 2.35 bits per heavy atom. The second-order valence-corrected chi connectivity index (χ2v) is 7.30. The van der Waals surface area contributed by atoms with Crippen LogP contribution in [0, 0.1) is 5.92 Å². The molecule has 20 heavy (non-hydrogen) atoms. The zero-order chi connectivity index (χ0) is 14.9. The van der Waals surface area contributed by atoms with Crippen molar-refractivity contribution in [3.8, 4) is 0 Å². The number of rotatable bonds is 3. The Balaban J connectivity index is 2.14. The van der Waals surface area contributed by atoms with Crippen LogP contribution < -0.4 is 5.73 Å². The fraction of sp³-hybridized carbons (Fsp3) is 1.00. The van der Waals surface area contributed by atoms with Crippen molar-refractivity contribution in [2.75, 3.05) is 33.3 Å². The molecular weight excluding hydrogens is 250 g/mol. The molecule has 4 atom stereocenters. The van der Waals surface area contributed by atoms with Crippen molar-refractivity contribution < 1.29 is 4.74 Å². The maximum Gasteiger partial charge on any atom is 0.0616 e. The van der Waals surface area contributed by atoms with Crippen LogP contribution in [0.1, 0.15) is 40.5 Å². The molecule has 0 amide bonds. The predicted molar refractivity (Wildman–Crippen MR) is 83.9 cm³/mol. The van der Waals surface area contributed by atoms with Crippen molar-refractivity contribution in [1.82, 2.24) is 9.80 Å². The number of hydrogen-bond acceptors (Lipinski definition) is 4. The number of ether oxygens (including phenoxy) is 1. The van der Waals surface area contributed by atoms with Crippen LogP contribution in [0.25, 0.3) is 0 Å². The highest BCUT2D eigenvalue weighted by atomic mass is 16.5. The zero-order valence-electron chi connectivity index (χ0n) is 13.9. The van der Waals surface area contributed by atoms with E-state index in [2.05, 4.69) is 44.5 Å². The predicted octanol–water partition coefficient (Wildman–Crippen LogP) is 1.54. The first-order valence-corrected chi connectivity index (χ1v) is 8.18. The van der Waals surface area contributed by atoms with Crippen molar-refractivity contribution in [3.63, 3.8) is 0 Å². The lowest BCUT2D eigenvalue weighted by molar-refractivity contribution is -0.107. The third-order valence-corrected chi connectivity index (χ3v) is 5.63. The minimum Gasteiger partial charge on any atom is -0.378 e. The second kappa shape index (κ2) is 6.30. The molecule has 2 N–H and O–H groups in total. The maximum atomic E-state index is 6.25. The monoisotopic (exact) mass is 283 g/mol. The molecule has 4 unspecified atom stereocenters. The molecule has 0 aromatic heterocycles. The first-order valence-electron chi connectivity index (χ1n) is 8.18. The molecular formula is C16H33N3O. The van der Waals surface area contributed by atoms with Gasteiger partial charge in [0, 0.05) is 43.9 Å². The Morgan fingerprint density at radius 2 is 1.85 bits per heavy atom. The number of nitrogens with zero attached hydrogens (tertiary/aromatic N) is 2. The van der Waals surface area contributed by atoms with Crippen LogP contribution >= 0.6 is 0 Å². The van der Waals surface area contributed by atoms with E-state index in [0.717, 1.165) is 39.1 Å². The molecule has 0 bridgehead atoms. The van der Waals surface area contributed by atoms with Crippen LogP contribution in [0.15, 0.2) is 0 Å². The maximum absolute atomic E-state index is 6.25. The van der Waals surface area contributed by atoms with E-state index in [1.165, 1.54) is 0 Å². The molecule has 0 saturated carbocycles. The van der Waals surface area contributed by atoms with Crippen LogP contribution in [-0.2, 0) is 4.74 Å². The van der Waals surface area contributed by atoms with Gasteiger partial charge < -0.3 is 10.5 Å². The lowest BCUT2D eigenvalue weighted by Crippen LogP contribution is -2.66. The highest BCUT2D eigenvalue weighted by molar-refractivity contribution is 5.00. The van der Waals surface area contributed by atoms with E-state index in [9.17, 15) is 0 Å². The van der Waals surface area contributed by atoms with Crippen molar-refractivity contribution in [2.24, 2.45) is 11.7 Å². The van der Waals surface area contributed by atoms with E-state index < -0.39 is 0 Å². The highest BCUT2D eigenvalue weighted by Gasteiger charge is 2.44. The topological polar surface area (TPSA) is 41.7 Å². The molecule has 2 rings (SSSR count). The molecule has 2 heterocycles. The van der Waals surface area contributed by atoms with Gasteiger partial charge in [-0.05, 0) is 39.7 Å². The Kier molecular flexibility index (Phi) is 5.11. The lowest BCUT2D eigenvalue weighted by atomic mass is 9.80. The van der Waals surface area contributed by atoms with Gasteiger partial charge in [-0.25, -0.2) is 0 Å². The van der Waals surface area contributed by atoms with Gasteiger partial charge >= 0.3 is 0 Å². The summed E-state index contributed by atoms with van der Waals surface area (Å²) in [5.41, 5.74) is 6.40. The molecule has 0 aromatic carbocycles. The van der Waals surface area contributed by atoms with Crippen LogP contribution in [0.3, 0.4) is 0 Å². The molecule has 0 aliphatic carbocycles. The summed E-state index contributed by atoms with van der Waals surface area (Å²) in [7, 11) is 2.24. The van der Waals surface area contributed by atoms with Gasteiger partial charge in [0.05, 0.1) is 6.10 Å².